The van der Waals surface area contributed by atoms with Crippen molar-refractivity contribution < 1.29 is 9.50 Å². The van der Waals surface area contributed by atoms with Crippen LogP contribution in [-0.2, 0) is 0 Å². The van der Waals surface area contributed by atoms with E-state index in [9.17, 15) is 9.50 Å². The van der Waals surface area contributed by atoms with Gasteiger partial charge in [0.05, 0.1) is 10.1 Å². The molecule has 2 nitrogen and oxygen atoms in total. The molecule has 2 N–H and O–H groups in total. The van der Waals surface area contributed by atoms with Crippen molar-refractivity contribution in [1.82, 2.24) is 5.32 Å². The highest BCUT2D eigenvalue weighted by Gasteiger charge is 2.22. The van der Waals surface area contributed by atoms with Gasteiger partial charge in [-0.05, 0) is 53.4 Å². The minimum Gasteiger partial charge on any atom is -0.389 e. The zero-order chi connectivity index (χ0) is 13.8. The number of hydrogen-bond acceptors (Lipinski definition) is 2. The summed E-state index contributed by atoms with van der Waals surface area (Å²) in [5.41, 5.74) is 0.337. The molecule has 0 aliphatic rings. The molecule has 102 valence electrons. The Morgan fingerprint density at radius 2 is 2.00 bits per heavy atom. The second-order valence-electron chi connectivity index (χ2n) is 4.71. The second-order valence-corrected chi connectivity index (χ2v) is 5.56. The third-order valence-corrected chi connectivity index (χ3v) is 4.10. The first-order valence-electron chi connectivity index (χ1n) is 6.32. The lowest BCUT2D eigenvalue weighted by Crippen LogP contribution is -2.40. The number of aliphatic hydroxyl groups is 1. The Hall–Kier alpha value is -0.450. The Kier molecular flexibility index (Phi) is 5.76. The minimum absolute atomic E-state index is 0.0755. The first-order chi connectivity index (χ1) is 8.41. The van der Waals surface area contributed by atoms with Crippen LogP contribution in [0, 0.1) is 5.82 Å². The molecule has 0 saturated heterocycles. The number of benzene rings is 1. The zero-order valence-electron chi connectivity index (χ0n) is 11.1. The maximum atomic E-state index is 13.1. The van der Waals surface area contributed by atoms with E-state index in [1.807, 2.05) is 20.8 Å². The fraction of sp³-hybridized carbons (Fsp3) is 0.571. The van der Waals surface area contributed by atoms with Crippen LogP contribution in [0.2, 0.25) is 0 Å². The lowest BCUT2D eigenvalue weighted by Gasteiger charge is -2.27. The van der Waals surface area contributed by atoms with Gasteiger partial charge in [0.25, 0.3) is 0 Å². The molecule has 1 aromatic carbocycles. The van der Waals surface area contributed by atoms with E-state index >= 15 is 0 Å². The third-order valence-electron chi connectivity index (χ3n) is 3.50. The van der Waals surface area contributed by atoms with Crippen molar-refractivity contribution in [2.75, 3.05) is 6.54 Å². The molecule has 18 heavy (non-hydrogen) atoms. The highest BCUT2D eigenvalue weighted by atomic mass is 79.9. The Balaban J connectivity index is 2.65. The molecule has 0 fully saturated rings. The predicted molar refractivity (Wildman–Crippen MR) is 76.0 cm³/mol. The van der Waals surface area contributed by atoms with Crippen LogP contribution >= 0.6 is 15.9 Å². The molecule has 1 atom stereocenters. The number of hydrogen-bond donors (Lipinski definition) is 2. The molecule has 0 amide bonds. The van der Waals surface area contributed by atoms with Crippen molar-refractivity contribution >= 4 is 15.9 Å². The third kappa shape index (κ3) is 4.04. The summed E-state index contributed by atoms with van der Waals surface area (Å²) in [6, 6.07) is 5.05. The van der Waals surface area contributed by atoms with Crippen LogP contribution in [0.25, 0.3) is 0 Å². The average Bonchev–Trinajstić information content (AvgIpc) is 2.38. The molecule has 0 heterocycles. The second kappa shape index (κ2) is 6.64. The summed E-state index contributed by atoms with van der Waals surface area (Å²) in [6.45, 7) is 6.50. The Labute approximate surface area is 117 Å². The quantitative estimate of drug-likeness (QED) is 0.836. The molecule has 0 aliphatic heterocycles. The summed E-state index contributed by atoms with van der Waals surface area (Å²) >= 11 is 3.18. The van der Waals surface area contributed by atoms with E-state index in [4.69, 9.17) is 0 Å². The smallest absolute Gasteiger partial charge is 0.137 e. The van der Waals surface area contributed by atoms with Crippen LogP contribution < -0.4 is 5.32 Å². The highest BCUT2D eigenvalue weighted by molar-refractivity contribution is 9.10. The predicted octanol–water partition coefficient (Wildman–Crippen LogP) is 3.79. The number of rotatable bonds is 6. The van der Waals surface area contributed by atoms with Crippen LogP contribution in [0.5, 0.6) is 0 Å². The molecular weight excluding hydrogens is 297 g/mol. The van der Waals surface area contributed by atoms with Gasteiger partial charge in [0.15, 0.2) is 0 Å². The van der Waals surface area contributed by atoms with Crippen LogP contribution in [0.15, 0.2) is 22.7 Å². The monoisotopic (exact) mass is 317 g/mol. The van der Waals surface area contributed by atoms with Gasteiger partial charge >= 0.3 is 0 Å². The van der Waals surface area contributed by atoms with Gasteiger partial charge in [-0.3, -0.25) is 0 Å². The summed E-state index contributed by atoms with van der Waals surface area (Å²) in [4.78, 5) is 0. The van der Waals surface area contributed by atoms with Gasteiger partial charge in [0, 0.05) is 12.6 Å². The minimum atomic E-state index is -0.661. The number of halogens is 2. The molecule has 0 aliphatic carbocycles. The Morgan fingerprint density at radius 1 is 1.39 bits per heavy atom. The maximum Gasteiger partial charge on any atom is 0.137 e. The molecule has 1 aromatic rings. The van der Waals surface area contributed by atoms with E-state index in [1.165, 1.54) is 6.07 Å². The van der Waals surface area contributed by atoms with E-state index in [1.54, 1.807) is 12.1 Å². The molecule has 0 saturated carbocycles. The Morgan fingerprint density at radius 3 is 2.50 bits per heavy atom. The van der Waals surface area contributed by atoms with Crippen molar-refractivity contribution in [1.29, 1.82) is 0 Å². The van der Waals surface area contributed by atoms with Gasteiger partial charge in [-0.1, -0.05) is 19.9 Å². The normalized spacial score (nSPS) is 13.7. The van der Waals surface area contributed by atoms with Crippen LogP contribution in [0.1, 0.15) is 45.2 Å². The van der Waals surface area contributed by atoms with E-state index < -0.39 is 5.60 Å². The fourth-order valence-corrected chi connectivity index (χ4v) is 2.14. The largest absolute Gasteiger partial charge is 0.389 e. The standard InChI is InChI=1S/C14H21BrFNO/c1-4-14(18,5-2)9-17-10(3)11-6-7-13(16)12(15)8-11/h6-8,10,17-18H,4-5,9H2,1-3H3. The zero-order valence-corrected chi connectivity index (χ0v) is 12.7. The summed E-state index contributed by atoms with van der Waals surface area (Å²) < 4.78 is 13.6. The van der Waals surface area contributed by atoms with Crippen LogP contribution in [0.4, 0.5) is 4.39 Å². The van der Waals surface area contributed by atoms with E-state index in [-0.39, 0.29) is 11.9 Å². The fourth-order valence-electron chi connectivity index (χ4n) is 1.74. The number of nitrogens with one attached hydrogen (secondary N) is 1. The first-order valence-corrected chi connectivity index (χ1v) is 7.12. The van der Waals surface area contributed by atoms with Gasteiger partial charge in [-0.2, -0.15) is 0 Å². The van der Waals surface area contributed by atoms with Crippen molar-refractivity contribution in [3.63, 3.8) is 0 Å². The van der Waals surface area contributed by atoms with Crippen molar-refractivity contribution in [3.05, 3.63) is 34.1 Å². The summed E-state index contributed by atoms with van der Waals surface area (Å²) in [5.74, 6) is -0.260. The summed E-state index contributed by atoms with van der Waals surface area (Å²) in [5, 5.41) is 13.5. The molecule has 4 heteroatoms. The van der Waals surface area contributed by atoms with Gasteiger partial charge in [-0.25, -0.2) is 4.39 Å². The molecule has 0 radical (unpaired) electrons. The maximum absolute atomic E-state index is 13.1. The summed E-state index contributed by atoms with van der Waals surface area (Å²) in [7, 11) is 0. The first kappa shape index (κ1) is 15.6. The molecule has 0 aromatic heterocycles. The van der Waals surface area contributed by atoms with Gasteiger partial charge in [0.1, 0.15) is 5.82 Å². The van der Waals surface area contributed by atoms with Gasteiger partial charge in [0.2, 0.25) is 0 Å². The van der Waals surface area contributed by atoms with Gasteiger partial charge in [-0.15, -0.1) is 0 Å². The Bertz CT molecular complexity index is 393. The lowest BCUT2D eigenvalue weighted by atomic mass is 9.96. The van der Waals surface area contributed by atoms with Crippen LogP contribution in [0.3, 0.4) is 0 Å². The van der Waals surface area contributed by atoms with Crippen molar-refractivity contribution in [2.45, 2.75) is 45.3 Å². The highest BCUT2D eigenvalue weighted by Crippen LogP contribution is 2.22. The lowest BCUT2D eigenvalue weighted by molar-refractivity contribution is 0.0303. The molecular formula is C14H21BrFNO. The average molecular weight is 318 g/mol. The SMILES string of the molecule is CCC(O)(CC)CNC(C)c1ccc(F)c(Br)c1. The van der Waals surface area contributed by atoms with Crippen LogP contribution in [-0.4, -0.2) is 17.3 Å². The molecule has 0 bridgehead atoms. The molecule has 1 rings (SSSR count). The van der Waals surface area contributed by atoms with E-state index in [2.05, 4.69) is 21.2 Å². The van der Waals surface area contributed by atoms with E-state index in [0.29, 0.717) is 11.0 Å². The molecule has 1 unspecified atom stereocenters. The van der Waals surface area contributed by atoms with E-state index in [0.717, 1.165) is 18.4 Å². The van der Waals surface area contributed by atoms with Gasteiger partial charge < -0.3 is 10.4 Å². The topological polar surface area (TPSA) is 32.3 Å². The molecule has 0 spiro atoms. The van der Waals surface area contributed by atoms with Crippen molar-refractivity contribution in [2.24, 2.45) is 0 Å². The summed E-state index contributed by atoms with van der Waals surface area (Å²) in [6.07, 6.45) is 1.44. The van der Waals surface area contributed by atoms with Crippen molar-refractivity contribution in [3.8, 4) is 0 Å².